The fraction of sp³-hybridized carbons (Fsp3) is 0.536. The Morgan fingerprint density at radius 3 is 1.38 bits per heavy atom. The van der Waals surface area contributed by atoms with E-state index in [-0.39, 0.29) is 35.8 Å². The first kappa shape index (κ1) is 35.1. The summed E-state index contributed by atoms with van der Waals surface area (Å²) in [6.45, 7) is 13.2. The van der Waals surface area contributed by atoms with Crippen molar-refractivity contribution in [2.45, 2.75) is 84.2 Å². The summed E-state index contributed by atoms with van der Waals surface area (Å²) in [6, 6.07) is 9.92. The molecule has 2 unspecified atom stereocenters. The molecule has 0 amide bonds. The lowest BCUT2D eigenvalue weighted by molar-refractivity contribution is -0.192. The molecule has 0 aliphatic rings. The number of ether oxygens (including phenoxy) is 1. The number of aliphatic carboxylic acids is 1. The minimum atomic E-state index is -5.08. The van der Waals surface area contributed by atoms with Gasteiger partial charge in [-0.1, -0.05) is 12.1 Å². The number of halogens is 3. The zero-order chi connectivity index (χ0) is 30.9. The van der Waals surface area contributed by atoms with E-state index in [0.29, 0.717) is 35.3 Å². The fourth-order valence-electron chi connectivity index (χ4n) is 3.17. The summed E-state index contributed by atoms with van der Waals surface area (Å²) < 4.78 is 37.5. The number of rotatable bonds is 10. The Morgan fingerprint density at radius 2 is 1.10 bits per heavy atom. The van der Waals surface area contributed by atoms with E-state index in [1.165, 1.54) is 0 Å². The van der Waals surface area contributed by atoms with E-state index in [1.54, 1.807) is 36.4 Å². The number of nitrogens with one attached hydrogen (secondary N) is 2. The van der Waals surface area contributed by atoms with E-state index in [4.69, 9.17) is 14.6 Å². The van der Waals surface area contributed by atoms with Crippen LogP contribution in [0.2, 0.25) is 0 Å². The van der Waals surface area contributed by atoms with Gasteiger partial charge in [0.1, 0.15) is 11.5 Å². The summed E-state index contributed by atoms with van der Waals surface area (Å²) in [5.74, 6) is -2.60. The van der Waals surface area contributed by atoms with Gasteiger partial charge >= 0.3 is 12.1 Å². The predicted octanol–water partition coefficient (Wildman–Crippen LogP) is 4.29. The highest BCUT2D eigenvalue weighted by Crippen LogP contribution is 2.26. The van der Waals surface area contributed by atoms with Crippen LogP contribution in [0, 0.1) is 0 Å². The van der Waals surface area contributed by atoms with Gasteiger partial charge in [0, 0.05) is 35.3 Å². The molecule has 0 radical (unpaired) electrons. The highest BCUT2D eigenvalue weighted by molar-refractivity contribution is 5.73. The van der Waals surface area contributed by atoms with Crippen molar-refractivity contribution in [1.29, 1.82) is 0 Å². The van der Waals surface area contributed by atoms with Crippen molar-refractivity contribution in [2.75, 3.05) is 13.1 Å². The first-order valence-electron chi connectivity index (χ1n) is 12.6. The number of aliphatic hydroxyl groups is 2. The molecule has 2 rings (SSSR count). The van der Waals surface area contributed by atoms with Gasteiger partial charge in [-0.25, -0.2) is 4.79 Å². The maximum Gasteiger partial charge on any atom is 0.490 e. The molecule has 2 aromatic rings. The topological polar surface area (TPSA) is 152 Å². The van der Waals surface area contributed by atoms with Gasteiger partial charge in [-0.2, -0.15) is 13.2 Å². The van der Waals surface area contributed by atoms with Crippen molar-refractivity contribution >= 4 is 5.97 Å². The van der Waals surface area contributed by atoms with Crippen LogP contribution in [0.1, 0.15) is 76.0 Å². The van der Waals surface area contributed by atoms with Crippen LogP contribution in [0.3, 0.4) is 0 Å². The summed E-state index contributed by atoms with van der Waals surface area (Å²) in [4.78, 5) is 8.90. The number of aliphatic hydroxyl groups excluding tert-OH is 2. The lowest BCUT2D eigenvalue weighted by atomic mass is 10.0. The molecule has 0 saturated carbocycles. The summed E-state index contributed by atoms with van der Waals surface area (Å²) >= 11 is 0. The average molecular weight is 575 g/mol. The zero-order valence-electron chi connectivity index (χ0n) is 23.6. The molecule has 226 valence electrons. The first-order valence-corrected chi connectivity index (χ1v) is 12.6. The average Bonchev–Trinajstić information content (AvgIpc) is 2.82. The number of aromatic hydroxyl groups is 2. The Hall–Kier alpha value is -2.90. The molecule has 0 heterocycles. The molecule has 9 nitrogen and oxygen atoms in total. The lowest BCUT2D eigenvalue weighted by Crippen LogP contribution is -2.38. The van der Waals surface area contributed by atoms with Crippen LogP contribution in [0.5, 0.6) is 11.5 Å². The molecule has 0 aliphatic carbocycles. The van der Waals surface area contributed by atoms with Crippen molar-refractivity contribution in [3.05, 3.63) is 58.7 Å². The predicted molar refractivity (Wildman–Crippen MR) is 144 cm³/mol. The van der Waals surface area contributed by atoms with Gasteiger partial charge in [0.15, 0.2) is 0 Å². The SMILES string of the molecule is CC(C)(C)NCC(O)c1ccc(O)c(COCc2cc(C(O)CNC(C)(C)C)ccc2O)c1.O=C(O)C(F)(F)F. The standard InChI is InChI=1S/C26H40N2O5.C2HF3O2/c1-25(2,3)27-13-23(31)17-7-9-21(29)19(11-17)15-33-16-20-12-18(8-10-22(20)30)24(32)14-28-26(4,5)6;3-2(4,5)1(6)7/h7-12,23-24,27-32H,13-16H2,1-6H3;(H,6,7). The van der Waals surface area contributed by atoms with Crippen molar-refractivity contribution < 1.29 is 48.2 Å². The number of carboxylic acid groups (broad SMARTS) is 1. The largest absolute Gasteiger partial charge is 0.508 e. The molecule has 0 aliphatic heterocycles. The second-order valence-electron chi connectivity index (χ2n) is 11.4. The minimum Gasteiger partial charge on any atom is -0.508 e. The van der Waals surface area contributed by atoms with Gasteiger partial charge in [0.05, 0.1) is 25.4 Å². The third-order valence-corrected chi connectivity index (χ3v) is 5.39. The summed E-state index contributed by atoms with van der Waals surface area (Å²) in [5.41, 5.74) is 2.23. The van der Waals surface area contributed by atoms with Gasteiger partial charge in [0.2, 0.25) is 0 Å². The number of carbonyl (C=O) groups is 1. The van der Waals surface area contributed by atoms with Gasteiger partial charge in [-0.05, 0) is 76.9 Å². The van der Waals surface area contributed by atoms with Crippen LogP contribution < -0.4 is 10.6 Å². The Labute approximate surface area is 232 Å². The highest BCUT2D eigenvalue weighted by Gasteiger charge is 2.38. The van der Waals surface area contributed by atoms with Crippen LogP contribution in [0.15, 0.2) is 36.4 Å². The minimum absolute atomic E-state index is 0.0800. The molecule has 0 spiro atoms. The second kappa shape index (κ2) is 14.6. The van der Waals surface area contributed by atoms with Gasteiger partial charge < -0.3 is 40.9 Å². The van der Waals surface area contributed by atoms with Gasteiger partial charge in [-0.3, -0.25) is 0 Å². The van der Waals surface area contributed by atoms with E-state index < -0.39 is 24.4 Å². The molecule has 40 heavy (non-hydrogen) atoms. The Bertz CT molecular complexity index is 1020. The van der Waals surface area contributed by atoms with Crippen LogP contribution in [0.4, 0.5) is 13.2 Å². The Balaban J connectivity index is 0.00000101. The van der Waals surface area contributed by atoms with Gasteiger partial charge in [0.25, 0.3) is 0 Å². The summed E-state index contributed by atoms with van der Waals surface area (Å²) in [6.07, 6.45) is -6.51. The fourth-order valence-corrected chi connectivity index (χ4v) is 3.17. The third kappa shape index (κ3) is 13.4. The molecule has 12 heteroatoms. The lowest BCUT2D eigenvalue weighted by Gasteiger charge is -2.23. The smallest absolute Gasteiger partial charge is 0.490 e. The molecule has 0 bridgehead atoms. The normalized spacial score (nSPS) is 13.8. The van der Waals surface area contributed by atoms with E-state index in [1.807, 2.05) is 41.5 Å². The van der Waals surface area contributed by atoms with Crippen LogP contribution in [-0.2, 0) is 22.7 Å². The summed E-state index contributed by atoms with van der Waals surface area (Å²) in [5, 5.41) is 55.0. The molecule has 0 fully saturated rings. The quantitative estimate of drug-likeness (QED) is 0.220. The van der Waals surface area contributed by atoms with Crippen molar-refractivity contribution in [1.82, 2.24) is 10.6 Å². The molecule has 0 aromatic heterocycles. The number of carboxylic acids is 1. The highest BCUT2D eigenvalue weighted by atomic mass is 19.4. The summed E-state index contributed by atoms with van der Waals surface area (Å²) in [7, 11) is 0. The molecule has 0 saturated heterocycles. The zero-order valence-corrected chi connectivity index (χ0v) is 23.6. The number of alkyl halides is 3. The Kier molecular flexibility index (Phi) is 12.9. The molecule has 2 atom stereocenters. The third-order valence-electron chi connectivity index (χ3n) is 5.39. The number of phenols is 2. The maximum atomic E-state index is 10.6. The number of phenolic OH excluding ortho intramolecular Hbond substituents is 2. The van der Waals surface area contributed by atoms with E-state index >= 15 is 0 Å². The molecular formula is C28H41F3N2O7. The van der Waals surface area contributed by atoms with Crippen LogP contribution in [0.25, 0.3) is 0 Å². The first-order chi connectivity index (χ1) is 18.2. The maximum absolute atomic E-state index is 10.6. The number of benzene rings is 2. The Morgan fingerprint density at radius 1 is 0.775 bits per heavy atom. The van der Waals surface area contributed by atoms with Crippen LogP contribution in [-0.4, -0.2) is 61.8 Å². The van der Waals surface area contributed by atoms with Crippen molar-refractivity contribution in [2.24, 2.45) is 0 Å². The molecular weight excluding hydrogens is 533 g/mol. The number of hydrogen-bond acceptors (Lipinski definition) is 8. The van der Waals surface area contributed by atoms with E-state index in [0.717, 1.165) is 0 Å². The van der Waals surface area contributed by atoms with Crippen molar-refractivity contribution in [3.8, 4) is 11.5 Å². The molecule has 2 aromatic carbocycles. The molecule has 7 N–H and O–H groups in total. The van der Waals surface area contributed by atoms with E-state index in [9.17, 15) is 33.6 Å². The van der Waals surface area contributed by atoms with Crippen LogP contribution >= 0.6 is 0 Å². The number of hydrogen-bond donors (Lipinski definition) is 7. The number of β-amino-alcohol motifs (C(OH)–C–C–N with tert-alkyl or cyclic N) is 2. The van der Waals surface area contributed by atoms with Gasteiger partial charge in [-0.15, -0.1) is 0 Å². The van der Waals surface area contributed by atoms with E-state index in [2.05, 4.69) is 10.6 Å². The van der Waals surface area contributed by atoms with Crippen molar-refractivity contribution in [3.63, 3.8) is 0 Å². The second-order valence-corrected chi connectivity index (χ2v) is 11.4. The monoisotopic (exact) mass is 574 g/mol.